The second-order valence-corrected chi connectivity index (χ2v) is 5.33. The van der Waals surface area contributed by atoms with Crippen molar-refractivity contribution in [2.24, 2.45) is 0 Å². The number of ketones is 1. The van der Waals surface area contributed by atoms with Crippen LogP contribution in [0.1, 0.15) is 25.0 Å². The molecule has 0 bridgehead atoms. The van der Waals surface area contributed by atoms with Crippen molar-refractivity contribution in [2.75, 3.05) is 6.61 Å². The minimum atomic E-state index is -0.654. The molecule has 0 saturated carbocycles. The summed E-state index contributed by atoms with van der Waals surface area (Å²) in [7, 11) is 0. The maximum atomic E-state index is 12.4. The van der Waals surface area contributed by atoms with Crippen molar-refractivity contribution in [3.05, 3.63) is 82.9 Å². The van der Waals surface area contributed by atoms with Gasteiger partial charge in [0.1, 0.15) is 5.76 Å². The predicted octanol–water partition coefficient (Wildman–Crippen LogP) is 4.19. The van der Waals surface area contributed by atoms with Crippen molar-refractivity contribution in [2.45, 2.75) is 13.8 Å². The van der Waals surface area contributed by atoms with Crippen LogP contribution in [0.2, 0.25) is 0 Å². The van der Waals surface area contributed by atoms with Gasteiger partial charge in [-0.3, -0.25) is 4.79 Å². The first kappa shape index (κ1) is 18.2. The summed E-state index contributed by atoms with van der Waals surface area (Å²) in [6.45, 7) is 3.17. The molecule has 25 heavy (non-hydrogen) atoms. The normalized spacial score (nSPS) is 12.3. The van der Waals surface area contributed by atoms with Gasteiger partial charge in [0, 0.05) is 5.56 Å². The number of rotatable bonds is 6. The molecule has 4 heteroatoms. The van der Waals surface area contributed by atoms with Gasteiger partial charge in [-0.15, -0.1) is 0 Å². The van der Waals surface area contributed by atoms with Crippen molar-refractivity contribution < 1.29 is 19.4 Å². The molecule has 0 aromatic heterocycles. The van der Waals surface area contributed by atoms with E-state index in [0.29, 0.717) is 5.56 Å². The number of hydrogen-bond acceptors (Lipinski definition) is 4. The lowest BCUT2D eigenvalue weighted by atomic mass is 9.96. The molecule has 2 rings (SSSR count). The lowest BCUT2D eigenvalue weighted by Gasteiger charge is -2.12. The molecule has 2 aromatic carbocycles. The summed E-state index contributed by atoms with van der Waals surface area (Å²) in [6.07, 6.45) is 1.55. The van der Waals surface area contributed by atoms with Crippen LogP contribution < -0.4 is 0 Å². The zero-order valence-corrected chi connectivity index (χ0v) is 14.2. The first-order chi connectivity index (χ1) is 12.0. The Morgan fingerprint density at radius 1 is 1.00 bits per heavy atom. The Kier molecular flexibility index (Phi) is 6.29. The van der Waals surface area contributed by atoms with E-state index in [9.17, 15) is 14.7 Å². The lowest BCUT2D eigenvalue weighted by molar-refractivity contribution is -0.138. The van der Waals surface area contributed by atoms with Gasteiger partial charge in [-0.25, -0.2) is 4.79 Å². The molecule has 0 atom stereocenters. The summed E-state index contributed by atoms with van der Waals surface area (Å²) in [5.74, 6) is -1.32. The molecule has 0 unspecified atom stereocenters. The molecule has 0 heterocycles. The van der Waals surface area contributed by atoms with Crippen molar-refractivity contribution in [1.29, 1.82) is 0 Å². The second-order valence-electron chi connectivity index (χ2n) is 5.33. The molecular weight excluding hydrogens is 316 g/mol. The quantitative estimate of drug-likeness (QED) is 0.372. The monoisotopic (exact) mass is 336 g/mol. The average molecular weight is 336 g/mol. The highest BCUT2D eigenvalue weighted by Gasteiger charge is 2.24. The second kappa shape index (κ2) is 8.64. The van der Waals surface area contributed by atoms with Gasteiger partial charge < -0.3 is 9.84 Å². The molecule has 0 amide bonds. The number of carbonyl (C=O) groups excluding carboxylic acids is 2. The zero-order chi connectivity index (χ0) is 18.2. The van der Waals surface area contributed by atoms with E-state index >= 15 is 0 Å². The minimum absolute atomic E-state index is 0.0295. The summed E-state index contributed by atoms with van der Waals surface area (Å²) in [4.78, 5) is 24.7. The molecule has 1 N–H and O–H groups in total. The largest absolute Gasteiger partial charge is 0.507 e. The Labute approximate surface area is 147 Å². The molecular formula is C21H20O4. The Hall–Kier alpha value is -3.14. The molecule has 0 saturated heterocycles. The third kappa shape index (κ3) is 4.67. The number of aliphatic hydroxyl groups is 1. The summed E-state index contributed by atoms with van der Waals surface area (Å²) < 4.78 is 5.09. The maximum absolute atomic E-state index is 12.4. The van der Waals surface area contributed by atoms with Crippen LogP contribution in [-0.2, 0) is 14.3 Å². The highest BCUT2D eigenvalue weighted by atomic mass is 16.5. The van der Waals surface area contributed by atoms with Crippen LogP contribution in [0.4, 0.5) is 0 Å². The van der Waals surface area contributed by atoms with Crippen LogP contribution in [0.5, 0.6) is 0 Å². The van der Waals surface area contributed by atoms with E-state index in [1.54, 1.807) is 55.5 Å². The summed E-state index contributed by atoms with van der Waals surface area (Å²) in [5.41, 5.74) is 1.15. The fourth-order valence-corrected chi connectivity index (χ4v) is 2.38. The van der Waals surface area contributed by atoms with Gasteiger partial charge >= 0.3 is 5.97 Å². The fourth-order valence-electron chi connectivity index (χ4n) is 2.38. The van der Waals surface area contributed by atoms with Gasteiger partial charge in [0.15, 0.2) is 5.78 Å². The number of esters is 1. The molecule has 0 aliphatic carbocycles. The molecule has 4 nitrogen and oxygen atoms in total. The number of carbonyl (C=O) groups is 2. The lowest BCUT2D eigenvalue weighted by Crippen LogP contribution is -2.15. The number of benzene rings is 2. The van der Waals surface area contributed by atoms with Crippen LogP contribution >= 0.6 is 0 Å². The van der Waals surface area contributed by atoms with Crippen LogP contribution in [0, 0.1) is 0 Å². The molecule has 128 valence electrons. The molecule has 0 radical (unpaired) electrons. The highest BCUT2D eigenvalue weighted by Crippen LogP contribution is 2.25. The van der Waals surface area contributed by atoms with Crippen LogP contribution in [0.25, 0.3) is 11.8 Å². The van der Waals surface area contributed by atoms with E-state index in [1.165, 1.54) is 6.92 Å². The Morgan fingerprint density at radius 2 is 1.56 bits per heavy atom. The van der Waals surface area contributed by atoms with Gasteiger partial charge in [0.05, 0.1) is 17.8 Å². The topological polar surface area (TPSA) is 63.6 Å². The molecule has 0 spiro atoms. The summed E-state index contributed by atoms with van der Waals surface area (Å²) in [6, 6.07) is 17.7. The molecule has 0 fully saturated rings. The van der Waals surface area contributed by atoms with Crippen molar-refractivity contribution in [1.82, 2.24) is 0 Å². The van der Waals surface area contributed by atoms with E-state index in [-0.39, 0.29) is 23.5 Å². The van der Waals surface area contributed by atoms with Crippen LogP contribution in [-0.4, -0.2) is 23.5 Å². The Balaban J connectivity index is 2.65. The average Bonchev–Trinajstić information content (AvgIpc) is 2.62. The minimum Gasteiger partial charge on any atom is -0.507 e. The number of hydrogen-bond donors (Lipinski definition) is 1. The number of aliphatic hydroxyl groups excluding tert-OH is 1. The number of ether oxygens (including phenoxy) is 1. The van der Waals surface area contributed by atoms with E-state index < -0.39 is 11.8 Å². The van der Waals surface area contributed by atoms with Gasteiger partial charge in [0.25, 0.3) is 0 Å². The van der Waals surface area contributed by atoms with Crippen molar-refractivity contribution in [3.8, 4) is 0 Å². The third-order valence-corrected chi connectivity index (χ3v) is 3.51. The molecule has 2 aromatic rings. The van der Waals surface area contributed by atoms with Gasteiger partial charge in [0.2, 0.25) is 0 Å². The SMILES string of the molecule is CCOC(=O)C(=C/c1ccccc1)/C(C(C)=O)=C(\O)c1ccccc1. The van der Waals surface area contributed by atoms with E-state index in [0.717, 1.165) is 5.56 Å². The first-order valence-electron chi connectivity index (χ1n) is 7.98. The summed E-state index contributed by atoms with van der Waals surface area (Å²) in [5, 5.41) is 10.6. The number of Topliss-reactive ketones (excluding diaryl/α,β-unsaturated/α-hetero) is 1. The Bertz CT molecular complexity index is 802. The first-order valence-corrected chi connectivity index (χ1v) is 7.98. The van der Waals surface area contributed by atoms with Gasteiger partial charge in [-0.2, -0.15) is 0 Å². The maximum Gasteiger partial charge on any atom is 0.339 e. The van der Waals surface area contributed by atoms with Crippen molar-refractivity contribution >= 4 is 23.6 Å². The summed E-state index contributed by atoms with van der Waals surface area (Å²) >= 11 is 0. The van der Waals surface area contributed by atoms with Crippen molar-refractivity contribution in [3.63, 3.8) is 0 Å². The van der Waals surface area contributed by atoms with E-state index in [2.05, 4.69) is 0 Å². The molecule has 0 aliphatic heterocycles. The zero-order valence-electron chi connectivity index (χ0n) is 14.2. The fraction of sp³-hybridized carbons (Fsp3) is 0.143. The third-order valence-electron chi connectivity index (χ3n) is 3.51. The van der Waals surface area contributed by atoms with Crippen LogP contribution in [0.3, 0.4) is 0 Å². The predicted molar refractivity (Wildman–Crippen MR) is 97.7 cm³/mol. The van der Waals surface area contributed by atoms with Gasteiger partial charge in [-0.1, -0.05) is 60.7 Å². The smallest absolute Gasteiger partial charge is 0.339 e. The van der Waals surface area contributed by atoms with E-state index in [4.69, 9.17) is 4.74 Å². The Morgan fingerprint density at radius 3 is 2.08 bits per heavy atom. The highest BCUT2D eigenvalue weighted by molar-refractivity contribution is 6.15. The molecule has 0 aliphatic rings. The standard InChI is InChI=1S/C21H20O4/c1-3-25-21(24)18(14-16-10-6-4-7-11-16)19(15(2)22)20(23)17-12-8-5-9-13-17/h4-14,23H,3H2,1-2H3/b18-14+,20-19-. The van der Waals surface area contributed by atoms with E-state index in [1.807, 2.05) is 18.2 Å². The van der Waals surface area contributed by atoms with Gasteiger partial charge in [-0.05, 0) is 25.5 Å². The van der Waals surface area contributed by atoms with Crippen LogP contribution in [0.15, 0.2) is 71.8 Å².